The third-order valence-corrected chi connectivity index (χ3v) is 1.61. The molecular weight excluding hydrogens is 148 g/mol. The van der Waals surface area contributed by atoms with E-state index in [1.165, 1.54) is 0 Å². The van der Waals surface area contributed by atoms with Gasteiger partial charge in [-0.1, -0.05) is 0 Å². The molecule has 1 N–H and O–H groups in total. The molecule has 0 aromatic carbocycles. The van der Waals surface area contributed by atoms with Gasteiger partial charge in [0.2, 0.25) is 0 Å². The number of carbonyl (C=O) groups excluding carboxylic acids is 1. The van der Waals surface area contributed by atoms with Crippen molar-refractivity contribution in [3.8, 4) is 0 Å². The number of carbonyl (C=O) groups is 2. The molecule has 1 atom stereocenters. The molecule has 11 heavy (non-hydrogen) atoms. The molecule has 0 bridgehead atoms. The van der Waals surface area contributed by atoms with E-state index in [2.05, 4.69) is 0 Å². The van der Waals surface area contributed by atoms with Crippen molar-refractivity contribution < 1.29 is 19.4 Å². The highest BCUT2D eigenvalue weighted by Gasteiger charge is 2.24. The molecule has 1 fully saturated rings. The summed E-state index contributed by atoms with van der Waals surface area (Å²) < 4.78 is 5.00. The summed E-state index contributed by atoms with van der Waals surface area (Å²) in [5.41, 5.74) is 0. The fraction of sp³-hybridized carbons (Fsp3) is 0.714. The molecule has 62 valence electrons. The van der Waals surface area contributed by atoms with Gasteiger partial charge in [0.25, 0.3) is 0 Å². The van der Waals surface area contributed by atoms with E-state index in [4.69, 9.17) is 9.84 Å². The van der Waals surface area contributed by atoms with Crippen LogP contribution in [0.3, 0.4) is 0 Å². The summed E-state index contributed by atoms with van der Waals surface area (Å²) in [7, 11) is 0. The molecule has 0 amide bonds. The van der Waals surface area contributed by atoms with E-state index in [-0.39, 0.29) is 5.78 Å². The zero-order valence-corrected chi connectivity index (χ0v) is 6.08. The molecule has 1 aliphatic rings. The summed E-state index contributed by atoms with van der Waals surface area (Å²) in [6.45, 7) is 0.579. The Balaban J connectivity index is 2.34. The third kappa shape index (κ3) is 2.31. The van der Waals surface area contributed by atoms with Crippen molar-refractivity contribution >= 4 is 11.8 Å². The first-order valence-corrected chi connectivity index (χ1v) is 3.56. The van der Waals surface area contributed by atoms with E-state index in [1.54, 1.807) is 0 Å². The molecule has 0 unspecified atom stereocenters. The van der Waals surface area contributed by atoms with Crippen LogP contribution < -0.4 is 0 Å². The molecule has 4 heteroatoms. The number of aliphatic carboxylic acids is 1. The zero-order valence-electron chi connectivity index (χ0n) is 6.08. The Morgan fingerprint density at radius 3 is 2.73 bits per heavy atom. The Morgan fingerprint density at radius 2 is 2.27 bits per heavy atom. The zero-order chi connectivity index (χ0) is 8.27. The van der Waals surface area contributed by atoms with Gasteiger partial charge in [0, 0.05) is 6.61 Å². The molecule has 0 spiro atoms. The van der Waals surface area contributed by atoms with Crippen LogP contribution >= 0.6 is 0 Å². The Hall–Kier alpha value is -0.900. The predicted octanol–water partition coefficient (Wildman–Crippen LogP) is 0.209. The first kappa shape index (κ1) is 8.20. The second kappa shape index (κ2) is 3.48. The average Bonchev–Trinajstić information content (AvgIpc) is 2.35. The van der Waals surface area contributed by atoms with Gasteiger partial charge in [-0.05, 0) is 12.8 Å². The van der Waals surface area contributed by atoms with E-state index in [0.717, 1.165) is 6.42 Å². The number of Topliss-reactive ketones (excluding diaryl/α,β-unsaturated/α-hetero) is 1. The molecule has 0 aromatic rings. The number of ether oxygens (including phenoxy) is 1. The minimum Gasteiger partial charge on any atom is -0.481 e. The van der Waals surface area contributed by atoms with Gasteiger partial charge in [-0.25, -0.2) is 0 Å². The van der Waals surface area contributed by atoms with Crippen LogP contribution in [0.25, 0.3) is 0 Å². The second-order valence-electron chi connectivity index (χ2n) is 2.54. The van der Waals surface area contributed by atoms with Gasteiger partial charge < -0.3 is 9.84 Å². The van der Waals surface area contributed by atoms with Crippen LogP contribution in [0, 0.1) is 0 Å². The van der Waals surface area contributed by atoms with Crippen LogP contribution in [0.2, 0.25) is 0 Å². The van der Waals surface area contributed by atoms with Gasteiger partial charge in [-0.2, -0.15) is 0 Å². The SMILES string of the molecule is O=C(O)CC(=O)[C@@H]1CCCO1. The molecular formula is C7H10O4. The average molecular weight is 158 g/mol. The lowest BCUT2D eigenvalue weighted by Gasteiger charge is -2.04. The summed E-state index contributed by atoms with van der Waals surface area (Å²) in [6, 6.07) is 0. The Labute approximate surface area is 64.2 Å². The van der Waals surface area contributed by atoms with Crippen LogP contribution in [-0.4, -0.2) is 29.6 Å². The van der Waals surface area contributed by atoms with E-state index in [1.807, 2.05) is 0 Å². The predicted molar refractivity (Wildman–Crippen MR) is 36.2 cm³/mol. The van der Waals surface area contributed by atoms with Crippen LogP contribution in [0.5, 0.6) is 0 Å². The van der Waals surface area contributed by atoms with Crippen LogP contribution in [-0.2, 0) is 14.3 Å². The van der Waals surface area contributed by atoms with Crippen molar-refractivity contribution in [1.82, 2.24) is 0 Å². The molecule has 1 rings (SSSR count). The normalized spacial score (nSPS) is 23.5. The number of rotatable bonds is 3. The minimum absolute atomic E-state index is 0.310. The fourth-order valence-corrected chi connectivity index (χ4v) is 1.09. The van der Waals surface area contributed by atoms with Crippen molar-refractivity contribution in [3.05, 3.63) is 0 Å². The highest BCUT2D eigenvalue weighted by Crippen LogP contribution is 2.13. The molecule has 4 nitrogen and oxygen atoms in total. The summed E-state index contributed by atoms with van der Waals surface area (Å²) >= 11 is 0. The maximum atomic E-state index is 10.9. The number of carboxylic acid groups (broad SMARTS) is 1. The van der Waals surface area contributed by atoms with Gasteiger partial charge in [0.15, 0.2) is 5.78 Å². The van der Waals surface area contributed by atoms with Crippen LogP contribution in [0.4, 0.5) is 0 Å². The number of ketones is 1. The highest BCUT2D eigenvalue weighted by atomic mass is 16.5. The van der Waals surface area contributed by atoms with Crippen molar-refractivity contribution in [2.24, 2.45) is 0 Å². The summed E-state index contributed by atoms with van der Waals surface area (Å²) in [4.78, 5) is 21.0. The monoisotopic (exact) mass is 158 g/mol. The lowest BCUT2D eigenvalue weighted by molar-refractivity contribution is -0.142. The number of hydrogen-bond acceptors (Lipinski definition) is 3. The maximum absolute atomic E-state index is 10.9. The molecule has 1 saturated heterocycles. The Kier molecular flexibility index (Phi) is 2.59. The van der Waals surface area contributed by atoms with Crippen LogP contribution in [0.1, 0.15) is 19.3 Å². The standard InChI is InChI=1S/C7H10O4/c8-5(4-7(9)10)6-2-1-3-11-6/h6H,1-4H2,(H,9,10)/t6-/m0/s1. The van der Waals surface area contributed by atoms with Crippen molar-refractivity contribution in [2.45, 2.75) is 25.4 Å². The molecule has 0 aromatic heterocycles. The molecule has 0 radical (unpaired) electrons. The minimum atomic E-state index is -1.08. The van der Waals surface area contributed by atoms with Gasteiger partial charge in [0.05, 0.1) is 0 Å². The fourth-order valence-electron chi connectivity index (χ4n) is 1.09. The molecule has 0 saturated carbocycles. The second-order valence-corrected chi connectivity index (χ2v) is 2.54. The van der Waals surface area contributed by atoms with Gasteiger partial charge in [0.1, 0.15) is 12.5 Å². The lowest BCUT2D eigenvalue weighted by Crippen LogP contribution is -2.21. The van der Waals surface area contributed by atoms with Gasteiger partial charge in [-0.15, -0.1) is 0 Å². The topological polar surface area (TPSA) is 63.6 Å². The Morgan fingerprint density at radius 1 is 1.55 bits per heavy atom. The number of carboxylic acids is 1. The smallest absolute Gasteiger partial charge is 0.310 e. The van der Waals surface area contributed by atoms with Crippen molar-refractivity contribution in [3.63, 3.8) is 0 Å². The number of hydrogen-bond donors (Lipinski definition) is 1. The lowest BCUT2D eigenvalue weighted by atomic mass is 10.1. The summed E-state index contributed by atoms with van der Waals surface area (Å²) in [6.07, 6.45) is 0.665. The van der Waals surface area contributed by atoms with E-state index >= 15 is 0 Å². The van der Waals surface area contributed by atoms with Gasteiger partial charge in [-0.3, -0.25) is 9.59 Å². The van der Waals surface area contributed by atoms with E-state index in [9.17, 15) is 9.59 Å². The third-order valence-electron chi connectivity index (χ3n) is 1.61. The highest BCUT2D eigenvalue weighted by molar-refractivity contribution is 5.97. The van der Waals surface area contributed by atoms with Gasteiger partial charge >= 0.3 is 5.97 Å². The molecule has 1 heterocycles. The Bertz CT molecular complexity index is 169. The van der Waals surface area contributed by atoms with Crippen LogP contribution in [0.15, 0.2) is 0 Å². The first-order chi connectivity index (χ1) is 5.20. The maximum Gasteiger partial charge on any atom is 0.310 e. The molecule has 0 aliphatic carbocycles. The van der Waals surface area contributed by atoms with Crippen molar-refractivity contribution in [2.75, 3.05) is 6.61 Å². The quantitative estimate of drug-likeness (QED) is 0.596. The van der Waals surface area contributed by atoms with E-state index < -0.39 is 18.5 Å². The molecule has 1 aliphatic heterocycles. The van der Waals surface area contributed by atoms with Crippen molar-refractivity contribution in [1.29, 1.82) is 0 Å². The van der Waals surface area contributed by atoms with E-state index in [0.29, 0.717) is 13.0 Å². The largest absolute Gasteiger partial charge is 0.481 e. The summed E-state index contributed by atoms with van der Waals surface area (Å²) in [5.74, 6) is -1.39. The summed E-state index contributed by atoms with van der Waals surface area (Å²) in [5, 5.41) is 8.27. The first-order valence-electron chi connectivity index (χ1n) is 3.56.